The molecule has 0 saturated heterocycles. The van der Waals surface area contributed by atoms with Crippen LogP contribution in [0.2, 0.25) is 0 Å². The van der Waals surface area contributed by atoms with Gasteiger partial charge < -0.3 is 5.32 Å². The lowest BCUT2D eigenvalue weighted by atomic mass is 9.97. The highest BCUT2D eigenvalue weighted by Crippen LogP contribution is 2.24. The van der Waals surface area contributed by atoms with E-state index >= 15 is 0 Å². The van der Waals surface area contributed by atoms with E-state index in [1.807, 2.05) is 24.8 Å². The van der Waals surface area contributed by atoms with Crippen LogP contribution < -0.4 is 5.32 Å². The number of nitrogens with zero attached hydrogens (tertiary/aromatic N) is 2. The van der Waals surface area contributed by atoms with Crippen LogP contribution in [0.5, 0.6) is 0 Å². The van der Waals surface area contributed by atoms with Gasteiger partial charge >= 0.3 is 0 Å². The smallest absolute Gasteiger partial charge is 0.0595 e. The van der Waals surface area contributed by atoms with Gasteiger partial charge in [0.2, 0.25) is 0 Å². The Kier molecular flexibility index (Phi) is 4.05. The van der Waals surface area contributed by atoms with Gasteiger partial charge in [0, 0.05) is 24.8 Å². The van der Waals surface area contributed by atoms with Crippen LogP contribution in [0.3, 0.4) is 0 Å². The van der Waals surface area contributed by atoms with Crippen LogP contribution >= 0.6 is 0 Å². The van der Waals surface area contributed by atoms with Gasteiger partial charge in [0.1, 0.15) is 0 Å². The van der Waals surface area contributed by atoms with E-state index in [9.17, 15) is 0 Å². The summed E-state index contributed by atoms with van der Waals surface area (Å²) in [7, 11) is 0. The fourth-order valence-electron chi connectivity index (χ4n) is 2.16. The Morgan fingerprint density at radius 3 is 2.67 bits per heavy atom. The summed E-state index contributed by atoms with van der Waals surface area (Å²) < 4.78 is 0. The zero-order chi connectivity index (χ0) is 13.0. The number of aryl methyl sites for hydroxylation is 2. The van der Waals surface area contributed by atoms with Crippen molar-refractivity contribution in [3.63, 3.8) is 0 Å². The third kappa shape index (κ3) is 2.74. The topological polar surface area (TPSA) is 37.8 Å². The van der Waals surface area contributed by atoms with Gasteiger partial charge in [-0.2, -0.15) is 0 Å². The number of rotatable bonds is 4. The lowest BCUT2D eigenvalue weighted by Gasteiger charge is -2.20. The second kappa shape index (κ2) is 5.74. The van der Waals surface area contributed by atoms with Gasteiger partial charge in [0.25, 0.3) is 0 Å². The van der Waals surface area contributed by atoms with Gasteiger partial charge in [-0.05, 0) is 48.7 Å². The highest BCUT2D eigenvalue weighted by atomic mass is 14.9. The van der Waals surface area contributed by atoms with E-state index in [0.29, 0.717) is 0 Å². The Labute approximate surface area is 108 Å². The summed E-state index contributed by atoms with van der Waals surface area (Å²) in [6.45, 7) is 7.20. The molecule has 0 saturated carbocycles. The summed E-state index contributed by atoms with van der Waals surface area (Å²) >= 11 is 0. The summed E-state index contributed by atoms with van der Waals surface area (Å²) in [4.78, 5) is 8.44. The van der Waals surface area contributed by atoms with E-state index in [1.54, 1.807) is 0 Å². The first kappa shape index (κ1) is 12.7. The molecule has 2 aromatic rings. The minimum atomic E-state index is 0.186. The van der Waals surface area contributed by atoms with Crippen LogP contribution in [-0.4, -0.2) is 16.5 Å². The summed E-state index contributed by atoms with van der Waals surface area (Å²) in [5.41, 5.74) is 4.84. The Morgan fingerprint density at radius 2 is 2.00 bits per heavy atom. The first-order valence-corrected chi connectivity index (χ1v) is 6.27. The Bertz CT molecular complexity index is 523. The SMILES string of the molecule is CCNC(c1cncc(C)c1)c1ccncc1C. The summed E-state index contributed by atoms with van der Waals surface area (Å²) in [6, 6.07) is 4.44. The van der Waals surface area contributed by atoms with Gasteiger partial charge in [0.15, 0.2) is 0 Å². The molecular formula is C15H19N3. The molecule has 0 aliphatic rings. The van der Waals surface area contributed by atoms with E-state index in [-0.39, 0.29) is 6.04 Å². The number of hydrogen-bond donors (Lipinski definition) is 1. The molecule has 1 N–H and O–H groups in total. The van der Waals surface area contributed by atoms with Gasteiger partial charge in [-0.1, -0.05) is 13.0 Å². The molecule has 0 amide bonds. The molecule has 3 heteroatoms. The van der Waals surface area contributed by atoms with E-state index in [1.165, 1.54) is 22.3 Å². The molecule has 0 radical (unpaired) electrons. The third-order valence-corrected chi connectivity index (χ3v) is 3.01. The van der Waals surface area contributed by atoms with Crippen molar-refractivity contribution in [3.8, 4) is 0 Å². The zero-order valence-electron chi connectivity index (χ0n) is 11.1. The molecule has 18 heavy (non-hydrogen) atoms. The number of aromatic nitrogens is 2. The lowest BCUT2D eigenvalue weighted by Crippen LogP contribution is -2.23. The van der Waals surface area contributed by atoms with Crippen molar-refractivity contribution in [2.24, 2.45) is 0 Å². The van der Waals surface area contributed by atoms with Crippen LogP contribution in [0, 0.1) is 13.8 Å². The minimum absolute atomic E-state index is 0.186. The van der Waals surface area contributed by atoms with Crippen LogP contribution in [0.25, 0.3) is 0 Å². The largest absolute Gasteiger partial charge is 0.306 e. The van der Waals surface area contributed by atoms with Crippen molar-refractivity contribution in [2.75, 3.05) is 6.54 Å². The summed E-state index contributed by atoms with van der Waals surface area (Å²) in [5.74, 6) is 0. The molecule has 0 spiro atoms. The standard InChI is InChI=1S/C15H19N3/c1-4-18-15(13-7-11(2)8-17-10-13)14-5-6-16-9-12(14)3/h5-10,15,18H,4H2,1-3H3. The van der Waals surface area contributed by atoms with Crippen molar-refractivity contribution >= 4 is 0 Å². The molecule has 0 bridgehead atoms. The molecule has 0 fully saturated rings. The van der Waals surface area contributed by atoms with Crippen molar-refractivity contribution in [1.82, 2.24) is 15.3 Å². The van der Waals surface area contributed by atoms with E-state index < -0.39 is 0 Å². The van der Waals surface area contributed by atoms with Crippen molar-refractivity contribution in [3.05, 3.63) is 59.2 Å². The van der Waals surface area contributed by atoms with Gasteiger partial charge in [-0.25, -0.2) is 0 Å². The number of nitrogens with one attached hydrogen (secondary N) is 1. The van der Waals surface area contributed by atoms with Gasteiger partial charge in [0.05, 0.1) is 6.04 Å². The highest BCUT2D eigenvalue weighted by molar-refractivity contribution is 5.35. The predicted octanol–water partition coefficient (Wildman–Crippen LogP) is 2.79. The molecule has 2 heterocycles. The summed E-state index contributed by atoms with van der Waals surface area (Å²) in [6.07, 6.45) is 7.56. The average molecular weight is 241 g/mol. The average Bonchev–Trinajstić information content (AvgIpc) is 2.37. The molecule has 1 atom stereocenters. The maximum Gasteiger partial charge on any atom is 0.0595 e. The normalized spacial score (nSPS) is 12.4. The van der Waals surface area contributed by atoms with Crippen molar-refractivity contribution < 1.29 is 0 Å². The zero-order valence-corrected chi connectivity index (χ0v) is 11.1. The number of hydrogen-bond acceptors (Lipinski definition) is 3. The predicted molar refractivity (Wildman–Crippen MR) is 73.5 cm³/mol. The lowest BCUT2D eigenvalue weighted by molar-refractivity contribution is 0.624. The van der Waals surface area contributed by atoms with Crippen LogP contribution in [0.4, 0.5) is 0 Å². The molecular weight excluding hydrogens is 222 g/mol. The fraction of sp³-hybridized carbons (Fsp3) is 0.333. The van der Waals surface area contributed by atoms with E-state index in [4.69, 9.17) is 0 Å². The second-order valence-corrected chi connectivity index (χ2v) is 4.52. The molecule has 2 rings (SSSR count). The van der Waals surface area contributed by atoms with Gasteiger partial charge in [-0.15, -0.1) is 0 Å². The monoisotopic (exact) mass is 241 g/mol. The molecule has 94 valence electrons. The van der Waals surface area contributed by atoms with E-state index in [2.05, 4.69) is 48.2 Å². The molecule has 0 aliphatic carbocycles. The first-order chi connectivity index (χ1) is 8.72. The fourth-order valence-corrected chi connectivity index (χ4v) is 2.16. The van der Waals surface area contributed by atoms with Crippen LogP contribution in [0.15, 0.2) is 36.9 Å². The molecule has 1 unspecified atom stereocenters. The van der Waals surface area contributed by atoms with Gasteiger partial charge in [-0.3, -0.25) is 9.97 Å². The van der Waals surface area contributed by atoms with E-state index in [0.717, 1.165) is 6.54 Å². The van der Waals surface area contributed by atoms with Crippen LogP contribution in [-0.2, 0) is 0 Å². The minimum Gasteiger partial charge on any atom is -0.306 e. The maximum absolute atomic E-state index is 4.29. The Morgan fingerprint density at radius 1 is 1.17 bits per heavy atom. The Hall–Kier alpha value is -1.74. The highest BCUT2D eigenvalue weighted by Gasteiger charge is 2.15. The van der Waals surface area contributed by atoms with Crippen molar-refractivity contribution in [1.29, 1.82) is 0 Å². The second-order valence-electron chi connectivity index (χ2n) is 4.52. The first-order valence-electron chi connectivity index (χ1n) is 6.27. The molecule has 2 aromatic heterocycles. The molecule has 0 aliphatic heterocycles. The quantitative estimate of drug-likeness (QED) is 0.894. The number of pyridine rings is 2. The Balaban J connectivity index is 2.43. The maximum atomic E-state index is 4.29. The van der Waals surface area contributed by atoms with Crippen LogP contribution in [0.1, 0.15) is 35.2 Å². The van der Waals surface area contributed by atoms with Crippen molar-refractivity contribution in [2.45, 2.75) is 26.8 Å². The third-order valence-electron chi connectivity index (χ3n) is 3.01. The summed E-state index contributed by atoms with van der Waals surface area (Å²) in [5, 5.41) is 3.52. The molecule has 0 aromatic carbocycles. The molecule has 3 nitrogen and oxygen atoms in total.